The Morgan fingerprint density at radius 3 is 2.05 bits per heavy atom. The molecule has 0 fully saturated rings. The van der Waals surface area contributed by atoms with E-state index in [1.807, 2.05) is 24.3 Å². The summed E-state index contributed by atoms with van der Waals surface area (Å²) in [6.45, 7) is 3.09. The molecule has 0 aliphatic rings. The van der Waals surface area contributed by atoms with Crippen molar-refractivity contribution in [1.29, 1.82) is 0 Å². The Morgan fingerprint density at radius 2 is 1.52 bits per heavy atom. The topological polar surface area (TPSA) is 30.5 Å². The molecule has 0 amide bonds. The predicted molar refractivity (Wildman–Crippen MR) is 86.1 cm³/mol. The first kappa shape index (κ1) is 15.4. The van der Waals surface area contributed by atoms with Crippen LogP contribution in [0.4, 0.5) is 0 Å². The maximum Gasteiger partial charge on any atom is 0.127 e. The van der Waals surface area contributed by atoms with Crippen LogP contribution in [-0.2, 0) is 0 Å². The van der Waals surface area contributed by atoms with Crippen LogP contribution in [0.3, 0.4) is 0 Å². The highest BCUT2D eigenvalue weighted by molar-refractivity contribution is 5.50. The van der Waals surface area contributed by atoms with E-state index in [-0.39, 0.29) is 6.04 Å². The highest BCUT2D eigenvalue weighted by atomic mass is 16.5. The molecule has 1 atom stereocenters. The maximum atomic E-state index is 5.55. The summed E-state index contributed by atoms with van der Waals surface area (Å²) in [4.78, 5) is 0. The number of rotatable bonds is 7. The monoisotopic (exact) mass is 285 g/mol. The van der Waals surface area contributed by atoms with Gasteiger partial charge in [-0.1, -0.05) is 43.3 Å². The van der Waals surface area contributed by atoms with Crippen molar-refractivity contribution in [3.63, 3.8) is 0 Å². The Balaban J connectivity index is 2.50. The molecule has 0 aromatic heterocycles. The maximum absolute atomic E-state index is 5.55. The zero-order valence-corrected chi connectivity index (χ0v) is 12.9. The number of nitrogens with one attached hydrogen (secondary N) is 1. The summed E-state index contributed by atoms with van der Waals surface area (Å²) < 4.78 is 11.1. The van der Waals surface area contributed by atoms with Gasteiger partial charge in [-0.05, 0) is 30.7 Å². The lowest BCUT2D eigenvalue weighted by Crippen LogP contribution is -2.24. The zero-order valence-electron chi connectivity index (χ0n) is 12.9. The molecule has 0 saturated heterocycles. The number of methoxy groups -OCH3 is 2. The third-order valence-corrected chi connectivity index (χ3v) is 3.49. The first-order chi connectivity index (χ1) is 10.3. The lowest BCUT2D eigenvalue weighted by atomic mass is 9.96. The van der Waals surface area contributed by atoms with Gasteiger partial charge < -0.3 is 14.8 Å². The Labute approximate surface area is 126 Å². The van der Waals surface area contributed by atoms with Gasteiger partial charge in [0.15, 0.2) is 0 Å². The van der Waals surface area contributed by atoms with Gasteiger partial charge in [0.05, 0.1) is 25.8 Å². The summed E-state index contributed by atoms with van der Waals surface area (Å²) in [5.74, 6) is 1.68. The van der Waals surface area contributed by atoms with Crippen LogP contribution >= 0.6 is 0 Å². The summed E-state index contributed by atoms with van der Waals surface area (Å²) >= 11 is 0. The fourth-order valence-electron chi connectivity index (χ4n) is 2.49. The van der Waals surface area contributed by atoms with E-state index in [0.29, 0.717) is 0 Å². The molecule has 2 aromatic carbocycles. The second-order valence-electron chi connectivity index (χ2n) is 4.87. The van der Waals surface area contributed by atoms with Gasteiger partial charge in [0.2, 0.25) is 0 Å². The van der Waals surface area contributed by atoms with Gasteiger partial charge in [0.1, 0.15) is 11.5 Å². The van der Waals surface area contributed by atoms with E-state index in [1.54, 1.807) is 14.2 Å². The largest absolute Gasteiger partial charge is 0.496 e. The molecule has 0 heterocycles. The summed E-state index contributed by atoms with van der Waals surface area (Å²) in [6, 6.07) is 16.3. The average Bonchev–Trinajstić information content (AvgIpc) is 2.56. The lowest BCUT2D eigenvalue weighted by molar-refractivity contribution is 0.376. The fraction of sp³-hybridized carbons (Fsp3) is 0.333. The van der Waals surface area contributed by atoms with Gasteiger partial charge in [0.25, 0.3) is 0 Å². The molecule has 1 N–H and O–H groups in total. The van der Waals surface area contributed by atoms with Crippen LogP contribution in [0.25, 0.3) is 0 Å². The number of ether oxygens (including phenoxy) is 2. The molecule has 1 unspecified atom stereocenters. The van der Waals surface area contributed by atoms with Crippen LogP contribution in [0.5, 0.6) is 11.5 Å². The van der Waals surface area contributed by atoms with E-state index in [0.717, 1.165) is 30.0 Å². The molecule has 0 spiro atoms. The van der Waals surface area contributed by atoms with Crippen LogP contribution in [0, 0.1) is 0 Å². The van der Waals surface area contributed by atoms with E-state index < -0.39 is 0 Å². The van der Waals surface area contributed by atoms with Crippen LogP contribution in [0.1, 0.15) is 30.5 Å². The second-order valence-corrected chi connectivity index (χ2v) is 4.87. The van der Waals surface area contributed by atoms with Gasteiger partial charge in [-0.15, -0.1) is 0 Å². The highest BCUT2D eigenvalue weighted by Gasteiger charge is 2.21. The standard InChI is InChI=1S/C18H23NO2/c1-4-13-19-18(14-9-6-5-7-10-14)17-15(20-2)11-8-12-16(17)21-3/h5-12,18-19H,4,13H2,1-3H3. The molecule has 0 aliphatic carbocycles. The third-order valence-electron chi connectivity index (χ3n) is 3.49. The minimum absolute atomic E-state index is 0.0530. The minimum atomic E-state index is 0.0530. The molecule has 3 nitrogen and oxygen atoms in total. The van der Waals surface area contributed by atoms with Crippen molar-refractivity contribution in [3.05, 3.63) is 59.7 Å². The first-order valence-electron chi connectivity index (χ1n) is 7.31. The predicted octanol–water partition coefficient (Wildman–Crippen LogP) is 3.79. The smallest absolute Gasteiger partial charge is 0.127 e. The zero-order chi connectivity index (χ0) is 15.1. The minimum Gasteiger partial charge on any atom is -0.496 e. The Morgan fingerprint density at radius 1 is 0.905 bits per heavy atom. The van der Waals surface area contributed by atoms with Crippen LogP contribution < -0.4 is 14.8 Å². The van der Waals surface area contributed by atoms with Crippen molar-refractivity contribution in [2.24, 2.45) is 0 Å². The van der Waals surface area contributed by atoms with Gasteiger partial charge in [0, 0.05) is 0 Å². The van der Waals surface area contributed by atoms with Crippen molar-refractivity contribution in [1.82, 2.24) is 5.32 Å². The van der Waals surface area contributed by atoms with Crippen LogP contribution in [0.15, 0.2) is 48.5 Å². The van der Waals surface area contributed by atoms with Crippen molar-refractivity contribution >= 4 is 0 Å². The number of benzene rings is 2. The van der Waals surface area contributed by atoms with Crippen molar-refractivity contribution in [3.8, 4) is 11.5 Å². The lowest BCUT2D eigenvalue weighted by Gasteiger charge is -2.23. The Hall–Kier alpha value is -2.00. The van der Waals surface area contributed by atoms with Crippen molar-refractivity contribution in [2.75, 3.05) is 20.8 Å². The molecule has 0 aliphatic heterocycles. The molecular weight excluding hydrogens is 262 g/mol. The first-order valence-corrected chi connectivity index (χ1v) is 7.31. The quantitative estimate of drug-likeness (QED) is 0.839. The summed E-state index contributed by atoms with van der Waals surface area (Å²) in [7, 11) is 3.39. The van der Waals surface area contributed by atoms with Crippen LogP contribution in [-0.4, -0.2) is 20.8 Å². The molecule has 0 bridgehead atoms. The number of hydrogen-bond donors (Lipinski definition) is 1. The highest BCUT2D eigenvalue weighted by Crippen LogP contribution is 2.37. The normalized spacial score (nSPS) is 12.0. The molecule has 2 aromatic rings. The van der Waals surface area contributed by atoms with Gasteiger partial charge in [-0.3, -0.25) is 0 Å². The van der Waals surface area contributed by atoms with Gasteiger partial charge >= 0.3 is 0 Å². The second kappa shape index (κ2) is 7.70. The molecule has 2 rings (SSSR count). The van der Waals surface area contributed by atoms with E-state index in [2.05, 4.69) is 36.5 Å². The van der Waals surface area contributed by atoms with Crippen molar-refractivity contribution < 1.29 is 9.47 Å². The van der Waals surface area contributed by atoms with E-state index in [1.165, 1.54) is 5.56 Å². The van der Waals surface area contributed by atoms with E-state index >= 15 is 0 Å². The van der Waals surface area contributed by atoms with E-state index in [4.69, 9.17) is 9.47 Å². The average molecular weight is 285 g/mol. The van der Waals surface area contributed by atoms with Gasteiger partial charge in [-0.25, -0.2) is 0 Å². The summed E-state index contributed by atoms with van der Waals surface area (Å²) in [5, 5.41) is 3.59. The van der Waals surface area contributed by atoms with Gasteiger partial charge in [-0.2, -0.15) is 0 Å². The SMILES string of the molecule is CCCNC(c1ccccc1)c1c(OC)cccc1OC. The number of hydrogen-bond acceptors (Lipinski definition) is 3. The Bertz CT molecular complexity index is 532. The third kappa shape index (κ3) is 3.56. The van der Waals surface area contributed by atoms with Crippen molar-refractivity contribution in [2.45, 2.75) is 19.4 Å². The Kier molecular flexibility index (Phi) is 5.64. The van der Waals surface area contributed by atoms with Crippen LogP contribution in [0.2, 0.25) is 0 Å². The molecule has 0 radical (unpaired) electrons. The summed E-state index contributed by atoms with van der Waals surface area (Å²) in [5.41, 5.74) is 2.25. The molecular formula is C18H23NO2. The molecule has 21 heavy (non-hydrogen) atoms. The molecule has 0 saturated carbocycles. The molecule has 3 heteroatoms. The van der Waals surface area contributed by atoms with E-state index in [9.17, 15) is 0 Å². The fourth-order valence-corrected chi connectivity index (χ4v) is 2.49. The summed E-state index contributed by atoms with van der Waals surface area (Å²) in [6.07, 6.45) is 1.07. The molecule has 112 valence electrons.